The average Bonchev–Trinajstić information content (AvgIpc) is 2.84. The Bertz CT molecular complexity index is 420. The maximum absolute atomic E-state index is 5.76. The van der Waals surface area contributed by atoms with E-state index in [1.807, 2.05) is 11.3 Å². The molecule has 0 aromatic carbocycles. The molecule has 0 amide bonds. The number of aryl methyl sites for hydroxylation is 2. The highest BCUT2D eigenvalue weighted by Gasteiger charge is 2.34. The summed E-state index contributed by atoms with van der Waals surface area (Å²) in [6, 6.07) is 0. The van der Waals surface area contributed by atoms with E-state index in [-0.39, 0.29) is 5.54 Å². The van der Waals surface area contributed by atoms with Gasteiger partial charge in [-0.1, -0.05) is 0 Å². The molecule has 0 bridgehead atoms. The molecule has 3 nitrogen and oxygen atoms in total. The summed E-state index contributed by atoms with van der Waals surface area (Å²) in [5, 5.41) is 1.29. The second-order valence-electron chi connectivity index (χ2n) is 6.15. The van der Waals surface area contributed by atoms with E-state index in [9.17, 15) is 0 Å². The van der Waals surface area contributed by atoms with E-state index >= 15 is 0 Å². The molecule has 1 saturated heterocycles. The molecule has 1 aliphatic carbocycles. The molecule has 0 saturated carbocycles. The molecule has 2 heterocycles. The van der Waals surface area contributed by atoms with Gasteiger partial charge in [0.15, 0.2) is 0 Å². The summed E-state index contributed by atoms with van der Waals surface area (Å²) in [4.78, 5) is 8.87. The van der Waals surface area contributed by atoms with Crippen LogP contribution in [0.15, 0.2) is 0 Å². The Kier molecular flexibility index (Phi) is 3.20. The molecule has 1 aromatic heterocycles. The number of ether oxygens (including phenoxy) is 1. The van der Waals surface area contributed by atoms with E-state index in [2.05, 4.69) is 25.7 Å². The van der Waals surface area contributed by atoms with Crippen molar-refractivity contribution in [3.8, 4) is 0 Å². The Labute approximate surface area is 113 Å². The fraction of sp³-hybridized carbons (Fsp3) is 0.786. The smallest absolute Gasteiger partial charge is 0.107 e. The van der Waals surface area contributed by atoms with Gasteiger partial charge in [-0.05, 0) is 40.0 Å². The molecule has 0 N–H and O–H groups in total. The predicted molar refractivity (Wildman–Crippen MR) is 74.0 cm³/mol. The van der Waals surface area contributed by atoms with Crippen LogP contribution in [0.4, 0.5) is 0 Å². The van der Waals surface area contributed by atoms with Gasteiger partial charge in [-0.25, -0.2) is 4.98 Å². The van der Waals surface area contributed by atoms with E-state index in [0.29, 0.717) is 6.10 Å². The summed E-state index contributed by atoms with van der Waals surface area (Å²) in [6.07, 6.45) is 4.07. The maximum atomic E-state index is 5.76. The van der Waals surface area contributed by atoms with Gasteiger partial charge >= 0.3 is 0 Å². The molecular weight excluding hydrogens is 244 g/mol. The summed E-state index contributed by atoms with van der Waals surface area (Å²) in [5.41, 5.74) is 1.50. The Morgan fingerprint density at radius 3 is 3.06 bits per heavy atom. The van der Waals surface area contributed by atoms with Gasteiger partial charge in [0, 0.05) is 17.0 Å². The SMILES string of the molecule is C[C@@H]1CN(Cc2nc3c(s2)CCC3)C(C)(C)CO1. The van der Waals surface area contributed by atoms with Gasteiger partial charge in [0.25, 0.3) is 0 Å². The van der Waals surface area contributed by atoms with E-state index in [4.69, 9.17) is 9.72 Å². The summed E-state index contributed by atoms with van der Waals surface area (Å²) < 4.78 is 5.76. The molecule has 4 heteroatoms. The Morgan fingerprint density at radius 1 is 1.44 bits per heavy atom. The van der Waals surface area contributed by atoms with Gasteiger partial charge < -0.3 is 4.74 Å². The molecule has 1 aromatic rings. The minimum Gasteiger partial charge on any atom is -0.375 e. The molecule has 18 heavy (non-hydrogen) atoms. The van der Waals surface area contributed by atoms with Crippen LogP contribution in [-0.4, -0.2) is 34.7 Å². The fourth-order valence-corrected chi connectivity index (χ4v) is 3.97. The lowest BCUT2D eigenvalue weighted by Gasteiger charge is -2.44. The second kappa shape index (κ2) is 4.58. The van der Waals surface area contributed by atoms with E-state index in [1.54, 1.807) is 0 Å². The number of fused-ring (bicyclic) bond motifs is 1. The summed E-state index contributed by atoms with van der Waals surface area (Å²) in [6.45, 7) is 9.50. The molecule has 1 aliphatic heterocycles. The molecule has 0 radical (unpaired) electrons. The lowest BCUT2D eigenvalue weighted by molar-refractivity contribution is -0.0949. The molecular formula is C14H22N2OS. The second-order valence-corrected chi connectivity index (χ2v) is 7.31. The lowest BCUT2D eigenvalue weighted by atomic mass is 10.0. The first-order valence-electron chi connectivity index (χ1n) is 6.89. The summed E-state index contributed by atoms with van der Waals surface area (Å²) in [7, 11) is 0. The minimum absolute atomic E-state index is 0.128. The molecule has 1 fully saturated rings. The van der Waals surface area contributed by atoms with Crippen LogP contribution >= 0.6 is 11.3 Å². The third-order valence-corrected chi connectivity index (χ3v) is 5.16. The van der Waals surface area contributed by atoms with Gasteiger partial charge in [-0.15, -0.1) is 11.3 Å². The van der Waals surface area contributed by atoms with Crippen LogP contribution in [0.5, 0.6) is 0 Å². The van der Waals surface area contributed by atoms with Crippen LogP contribution in [0.1, 0.15) is 42.8 Å². The molecule has 1 atom stereocenters. The highest BCUT2D eigenvalue weighted by Crippen LogP contribution is 2.30. The van der Waals surface area contributed by atoms with Crippen molar-refractivity contribution < 1.29 is 4.74 Å². The van der Waals surface area contributed by atoms with Crippen LogP contribution < -0.4 is 0 Å². The van der Waals surface area contributed by atoms with Crippen molar-refractivity contribution in [1.82, 2.24) is 9.88 Å². The molecule has 3 rings (SSSR count). The van der Waals surface area contributed by atoms with Crippen molar-refractivity contribution in [3.05, 3.63) is 15.6 Å². The predicted octanol–water partition coefficient (Wildman–Crippen LogP) is 2.63. The highest BCUT2D eigenvalue weighted by molar-refractivity contribution is 7.11. The van der Waals surface area contributed by atoms with Crippen LogP contribution in [0.2, 0.25) is 0 Å². The van der Waals surface area contributed by atoms with Crippen molar-refractivity contribution in [2.75, 3.05) is 13.2 Å². The molecule has 0 unspecified atom stereocenters. The van der Waals surface area contributed by atoms with E-state index in [1.165, 1.54) is 34.8 Å². The largest absolute Gasteiger partial charge is 0.375 e. The van der Waals surface area contributed by atoms with Crippen molar-refractivity contribution in [2.24, 2.45) is 0 Å². The topological polar surface area (TPSA) is 25.4 Å². The highest BCUT2D eigenvalue weighted by atomic mass is 32.1. The number of hydrogen-bond donors (Lipinski definition) is 0. The van der Waals surface area contributed by atoms with Crippen LogP contribution in [0.25, 0.3) is 0 Å². The van der Waals surface area contributed by atoms with Crippen molar-refractivity contribution >= 4 is 11.3 Å². The third-order valence-electron chi connectivity index (χ3n) is 4.02. The van der Waals surface area contributed by atoms with Crippen LogP contribution in [-0.2, 0) is 24.1 Å². The Hall–Kier alpha value is -0.450. The number of aromatic nitrogens is 1. The van der Waals surface area contributed by atoms with Gasteiger partial charge in [0.05, 0.1) is 24.9 Å². The number of hydrogen-bond acceptors (Lipinski definition) is 4. The van der Waals surface area contributed by atoms with Crippen molar-refractivity contribution in [1.29, 1.82) is 0 Å². The van der Waals surface area contributed by atoms with Crippen LogP contribution in [0, 0.1) is 0 Å². The van der Waals surface area contributed by atoms with Gasteiger partial charge in [-0.3, -0.25) is 4.90 Å². The standard InChI is InChI=1S/C14H22N2OS/c1-10-7-16(14(2,3)9-17-10)8-13-15-11-5-4-6-12(11)18-13/h10H,4-9H2,1-3H3/t10-/m1/s1. The molecule has 2 aliphatic rings. The normalized spacial score (nSPS) is 27.4. The number of rotatable bonds is 2. The van der Waals surface area contributed by atoms with E-state index < -0.39 is 0 Å². The van der Waals surface area contributed by atoms with Crippen molar-refractivity contribution in [2.45, 2.75) is 58.2 Å². The maximum Gasteiger partial charge on any atom is 0.107 e. The van der Waals surface area contributed by atoms with Gasteiger partial charge in [-0.2, -0.15) is 0 Å². The minimum atomic E-state index is 0.128. The zero-order valence-electron chi connectivity index (χ0n) is 11.5. The summed E-state index contributed by atoms with van der Waals surface area (Å²) in [5.74, 6) is 0. The number of nitrogens with zero attached hydrogens (tertiary/aromatic N) is 2. The Balaban J connectivity index is 1.73. The number of thiazole rings is 1. The van der Waals surface area contributed by atoms with E-state index in [0.717, 1.165) is 19.7 Å². The van der Waals surface area contributed by atoms with Gasteiger partial charge in [0.1, 0.15) is 5.01 Å². The first-order valence-corrected chi connectivity index (χ1v) is 7.70. The molecule has 100 valence electrons. The third kappa shape index (κ3) is 2.33. The zero-order valence-corrected chi connectivity index (χ0v) is 12.3. The Morgan fingerprint density at radius 2 is 2.28 bits per heavy atom. The van der Waals surface area contributed by atoms with Crippen molar-refractivity contribution in [3.63, 3.8) is 0 Å². The lowest BCUT2D eigenvalue weighted by Crippen LogP contribution is -2.54. The first-order chi connectivity index (χ1) is 8.54. The van der Waals surface area contributed by atoms with Gasteiger partial charge in [0.2, 0.25) is 0 Å². The molecule has 0 spiro atoms. The number of morpholine rings is 1. The fourth-order valence-electron chi connectivity index (χ4n) is 2.80. The summed E-state index contributed by atoms with van der Waals surface area (Å²) >= 11 is 1.92. The quantitative estimate of drug-likeness (QED) is 0.823. The average molecular weight is 266 g/mol. The first kappa shape index (κ1) is 12.6. The monoisotopic (exact) mass is 266 g/mol. The van der Waals surface area contributed by atoms with Crippen LogP contribution in [0.3, 0.4) is 0 Å². The zero-order chi connectivity index (χ0) is 12.8.